The predicted molar refractivity (Wildman–Crippen MR) is 81.4 cm³/mol. The van der Waals surface area contributed by atoms with Crippen LogP contribution in [0, 0.1) is 0 Å². The van der Waals surface area contributed by atoms with E-state index in [2.05, 4.69) is 5.32 Å². The maximum absolute atomic E-state index is 13.1. The fourth-order valence-corrected chi connectivity index (χ4v) is 2.83. The molecule has 1 saturated heterocycles. The molecule has 2 amide bonds. The lowest BCUT2D eigenvalue weighted by Gasteiger charge is -2.20. The van der Waals surface area contributed by atoms with E-state index >= 15 is 0 Å². The molecule has 0 radical (unpaired) electrons. The first-order valence-corrected chi connectivity index (χ1v) is 7.62. The number of hydrogen-bond acceptors (Lipinski definition) is 3. The Kier molecular flexibility index (Phi) is 4.52. The number of furan rings is 1. The van der Waals surface area contributed by atoms with Crippen molar-refractivity contribution in [2.45, 2.75) is 25.2 Å². The summed E-state index contributed by atoms with van der Waals surface area (Å²) in [5, 5.41) is 2.65. The molecule has 1 aliphatic heterocycles. The molecule has 2 heterocycles. The van der Waals surface area contributed by atoms with Crippen LogP contribution in [0.1, 0.15) is 28.1 Å². The van der Waals surface area contributed by atoms with Crippen LogP contribution < -0.4 is 5.32 Å². The van der Waals surface area contributed by atoms with Crippen molar-refractivity contribution in [2.24, 2.45) is 0 Å². The normalized spacial score (nSPS) is 17.8. The second kappa shape index (κ2) is 6.62. The predicted octanol–water partition coefficient (Wildman–Crippen LogP) is 2.83. The zero-order valence-corrected chi connectivity index (χ0v) is 13.0. The number of amides is 2. The van der Waals surface area contributed by atoms with Crippen LogP contribution in [0.5, 0.6) is 0 Å². The van der Waals surface area contributed by atoms with E-state index in [1.807, 2.05) is 0 Å². The van der Waals surface area contributed by atoms with Gasteiger partial charge in [0.2, 0.25) is 5.91 Å². The van der Waals surface area contributed by atoms with Gasteiger partial charge in [-0.3, -0.25) is 9.59 Å². The van der Waals surface area contributed by atoms with Gasteiger partial charge in [0.1, 0.15) is 0 Å². The first-order chi connectivity index (χ1) is 11.8. The molecule has 1 fully saturated rings. The molecule has 0 spiro atoms. The summed E-state index contributed by atoms with van der Waals surface area (Å²) in [6, 6.07) is 7.74. The van der Waals surface area contributed by atoms with E-state index in [0.717, 1.165) is 6.07 Å². The smallest absolute Gasteiger partial charge is 0.416 e. The van der Waals surface area contributed by atoms with Crippen LogP contribution in [-0.2, 0) is 17.5 Å². The highest BCUT2D eigenvalue weighted by Crippen LogP contribution is 2.32. The number of nitrogens with one attached hydrogen (secondary N) is 1. The number of halogens is 3. The maximum Gasteiger partial charge on any atom is 0.416 e. The molecule has 5 nitrogen and oxygen atoms in total. The van der Waals surface area contributed by atoms with Gasteiger partial charge < -0.3 is 14.6 Å². The summed E-state index contributed by atoms with van der Waals surface area (Å²) in [7, 11) is 0. The number of hydrogen-bond donors (Lipinski definition) is 1. The van der Waals surface area contributed by atoms with Gasteiger partial charge in [-0.05, 0) is 23.8 Å². The number of carbonyl (C=O) groups is 2. The van der Waals surface area contributed by atoms with Crippen molar-refractivity contribution < 1.29 is 27.2 Å². The van der Waals surface area contributed by atoms with Gasteiger partial charge >= 0.3 is 6.18 Å². The molecule has 1 aliphatic rings. The molecule has 1 aromatic carbocycles. The summed E-state index contributed by atoms with van der Waals surface area (Å²) in [5.41, 5.74) is -0.729. The second-order valence-corrected chi connectivity index (χ2v) is 5.78. The number of benzene rings is 1. The highest BCUT2D eigenvalue weighted by molar-refractivity contribution is 5.92. The summed E-state index contributed by atoms with van der Waals surface area (Å²) < 4.78 is 44.1. The maximum atomic E-state index is 13.1. The molecule has 2 aromatic rings. The summed E-state index contributed by atoms with van der Waals surface area (Å²) in [4.78, 5) is 25.3. The van der Waals surface area contributed by atoms with Gasteiger partial charge in [-0.2, -0.15) is 13.2 Å². The molecule has 0 bridgehead atoms. The van der Waals surface area contributed by atoms with E-state index in [4.69, 9.17) is 4.42 Å². The van der Waals surface area contributed by atoms with Crippen molar-refractivity contribution in [2.75, 3.05) is 6.54 Å². The number of alkyl halides is 3. The van der Waals surface area contributed by atoms with Crippen LogP contribution in [0.25, 0.3) is 0 Å². The molecule has 1 aromatic heterocycles. The molecule has 8 heteroatoms. The first-order valence-electron chi connectivity index (χ1n) is 7.62. The van der Waals surface area contributed by atoms with E-state index < -0.39 is 23.7 Å². The standard InChI is InChI=1S/C17H15F3N2O3/c18-17(19,20)13-5-2-1-4-11(13)9-22-10-12(8-15(22)23)21-16(24)14-6-3-7-25-14/h1-7,12H,8-10H2,(H,21,24). The zero-order valence-electron chi connectivity index (χ0n) is 13.0. The molecule has 132 valence electrons. The third-order valence-electron chi connectivity index (χ3n) is 3.98. The molecule has 0 aliphatic carbocycles. The van der Waals surface area contributed by atoms with Crippen LogP contribution >= 0.6 is 0 Å². The number of rotatable bonds is 4. The fraction of sp³-hybridized carbons (Fsp3) is 0.294. The lowest BCUT2D eigenvalue weighted by atomic mass is 10.1. The average Bonchev–Trinajstić information content (AvgIpc) is 3.18. The van der Waals surface area contributed by atoms with Crippen molar-refractivity contribution >= 4 is 11.8 Å². The Labute approximate surface area is 141 Å². The van der Waals surface area contributed by atoms with Crippen molar-refractivity contribution in [1.29, 1.82) is 0 Å². The number of likely N-dealkylation sites (tertiary alicyclic amines) is 1. The van der Waals surface area contributed by atoms with E-state index in [1.165, 1.54) is 35.4 Å². The number of nitrogens with zero attached hydrogens (tertiary/aromatic N) is 1. The van der Waals surface area contributed by atoms with Crippen molar-refractivity contribution in [3.8, 4) is 0 Å². The van der Waals surface area contributed by atoms with E-state index in [1.54, 1.807) is 6.07 Å². The third-order valence-corrected chi connectivity index (χ3v) is 3.98. The van der Waals surface area contributed by atoms with Crippen LogP contribution in [0.15, 0.2) is 47.1 Å². The Morgan fingerprint density at radius 2 is 2.00 bits per heavy atom. The Bertz CT molecular complexity index is 772. The van der Waals surface area contributed by atoms with Gasteiger partial charge in [0.15, 0.2) is 5.76 Å². The summed E-state index contributed by atoms with van der Waals surface area (Å²) in [5.74, 6) is -0.643. The minimum atomic E-state index is -4.48. The van der Waals surface area contributed by atoms with Crippen molar-refractivity contribution in [3.63, 3.8) is 0 Å². The number of carbonyl (C=O) groups excluding carboxylic acids is 2. The molecule has 0 saturated carbocycles. The quantitative estimate of drug-likeness (QED) is 0.920. The monoisotopic (exact) mass is 352 g/mol. The molecule has 1 atom stereocenters. The zero-order chi connectivity index (χ0) is 18.0. The van der Waals surface area contributed by atoms with E-state index in [0.29, 0.717) is 0 Å². The van der Waals surface area contributed by atoms with E-state index in [9.17, 15) is 22.8 Å². The highest BCUT2D eigenvalue weighted by Gasteiger charge is 2.36. The van der Waals surface area contributed by atoms with E-state index in [-0.39, 0.29) is 36.7 Å². The molecule has 1 unspecified atom stereocenters. The van der Waals surface area contributed by atoms with Crippen LogP contribution in [0.3, 0.4) is 0 Å². The molecular formula is C17H15F3N2O3. The molecular weight excluding hydrogens is 337 g/mol. The van der Waals surface area contributed by atoms with Gasteiger partial charge in [-0.25, -0.2) is 0 Å². The Hall–Kier alpha value is -2.77. The topological polar surface area (TPSA) is 62.6 Å². The second-order valence-electron chi connectivity index (χ2n) is 5.78. The summed E-state index contributed by atoms with van der Waals surface area (Å²) >= 11 is 0. The van der Waals surface area contributed by atoms with Gasteiger partial charge in [0.05, 0.1) is 17.9 Å². The SMILES string of the molecule is O=C(NC1CC(=O)N(Cc2ccccc2C(F)(F)F)C1)c1ccco1. The third kappa shape index (κ3) is 3.84. The van der Waals surface area contributed by atoms with Gasteiger partial charge in [-0.1, -0.05) is 18.2 Å². The van der Waals surface area contributed by atoms with Gasteiger partial charge in [-0.15, -0.1) is 0 Å². The Balaban J connectivity index is 1.67. The van der Waals surface area contributed by atoms with Gasteiger partial charge in [0, 0.05) is 19.5 Å². The minimum Gasteiger partial charge on any atom is -0.459 e. The molecule has 3 rings (SSSR count). The fourth-order valence-electron chi connectivity index (χ4n) is 2.83. The lowest BCUT2D eigenvalue weighted by molar-refractivity contribution is -0.139. The highest BCUT2D eigenvalue weighted by atomic mass is 19.4. The lowest BCUT2D eigenvalue weighted by Crippen LogP contribution is -2.37. The molecule has 1 N–H and O–H groups in total. The van der Waals surface area contributed by atoms with Crippen LogP contribution in [0.4, 0.5) is 13.2 Å². The van der Waals surface area contributed by atoms with Gasteiger partial charge in [0.25, 0.3) is 5.91 Å². The first kappa shape index (κ1) is 17.1. The summed E-state index contributed by atoms with van der Waals surface area (Å²) in [6.07, 6.45) is -3.08. The molecule has 25 heavy (non-hydrogen) atoms. The Morgan fingerprint density at radius 1 is 1.24 bits per heavy atom. The van der Waals surface area contributed by atoms with Crippen molar-refractivity contribution in [3.05, 3.63) is 59.5 Å². The summed E-state index contributed by atoms with van der Waals surface area (Å²) in [6.45, 7) is -0.000880. The Morgan fingerprint density at radius 3 is 2.68 bits per heavy atom. The van der Waals surface area contributed by atoms with Crippen LogP contribution in [0.2, 0.25) is 0 Å². The largest absolute Gasteiger partial charge is 0.459 e. The average molecular weight is 352 g/mol. The minimum absolute atomic E-state index is 0.0290. The van der Waals surface area contributed by atoms with Crippen LogP contribution in [-0.4, -0.2) is 29.3 Å². The van der Waals surface area contributed by atoms with Crippen molar-refractivity contribution in [1.82, 2.24) is 10.2 Å².